The van der Waals surface area contributed by atoms with Gasteiger partial charge in [-0.05, 0) is 12.8 Å². The van der Waals surface area contributed by atoms with Gasteiger partial charge < -0.3 is 15.5 Å². The van der Waals surface area contributed by atoms with Crippen molar-refractivity contribution in [3.63, 3.8) is 0 Å². The molecule has 17 heavy (non-hydrogen) atoms. The van der Waals surface area contributed by atoms with E-state index >= 15 is 0 Å². The maximum absolute atomic E-state index is 12.2. The van der Waals surface area contributed by atoms with Gasteiger partial charge in [0.1, 0.15) is 0 Å². The first-order valence-electron chi connectivity index (χ1n) is 6.39. The number of rotatable bonds is 1. The highest BCUT2D eigenvalue weighted by Crippen LogP contribution is 2.26. The molecule has 1 saturated heterocycles. The summed E-state index contributed by atoms with van der Waals surface area (Å²) in [4.78, 5) is 27.1. The molecular weight excluding hydrogens is 218 g/mol. The monoisotopic (exact) mass is 239 g/mol. The van der Waals surface area contributed by atoms with Crippen LogP contribution in [-0.2, 0) is 9.59 Å². The predicted molar refractivity (Wildman–Crippen MR) is 64.2 cm³/mol. The molecule has 0 spiro atoms. The molecule has 5 nitrogen and oxygen atoms in total. The summed E-state index contributed by atoms with van der Waals surface area (Å²) in [5.41, 5.74) is 5.95. The van der Waals surface area contributed by atoms with Gasteiger partial charge in [-0.1, -0.05) is 6.42 Å². The molecule has 0 aromatic rings. The van der Waals surface area contributed by atoms with Gasteiger partial charge >= 0.3 is 0 Å². The summed E-state index contributed by atoms with van der Waals surface area (Å²) in [6, 6.07) is 0.0355. The number of carbonyl (C=O) groups excluding carboxylic acids is 2. The molecule has 2 amide bonds. The largest absolute Gasteiger partial charge is 0.339 e. The summed E-state index contributed by atoms with van der Waals surface area (Å²) < 4.78 is 0. The predicted octanol–water partition coefficient (Wildman–Crippen LogP) is -0.195. The van der Waals surface area contributed by atoms with Crippen molar-refractivity contribution >= 4 is 11.8 Å². The zero-order valence-corrected chi connectivity index (χ0v) is 10.4. The average molecular weight is 239 g/mol. The molecule has 0 aromatic carbocycles. The number of nitrogens with zero attached hydrogens (tertiary/aromatic N) is 2. The zero-order chi connectivity index (χ0) is 12.4. The van der Waals surface area contributed by atoms with Crippen LogP contribution in [0.1, 0.15) is 26.2 Å². The van der Waals surface area contributed by atoms with Crippen LogP contribution in [0, 0.1) is 5.92 Å². The smallest absolute Gasteiger partial charge is 0.227 e. The fourth-order valence-electron chi connectivity index (χ4n) is 2.77. The van der Waals surface area contributed by atoms with Crippen molar-refractivity contribution < 1.29 is 9.59 Å². The van der Waals surface area contributed by atoms with Gasteiger partial charge in [-0.3, -0.25) is 9.59 Å². The molecule has 0 radical (unpaired) electrons. The quantitative estimate of drug-likeness (QED) is 0.689. The lowest BCUT2D eigenvalue weighted by Crippen LogP contribution is -2.52. The van der Waals surface area contributed by atoms with Crippen molar-refractivity contribution in [1.29, 1.82) is 0 Å². The van der Waals surface area contributed by atoms with E-state index in [0.717, 1.165) is 19.3 Å². The topological polar surface area (TPSA) is 66.6 Å². The molecule has 2 atom stereocenters. The third-order valence-electron chi connectivity index (χ3n) is 3.92. The van der Waals surface area contributed by atoms with Gasteiger partial charge in [0, 0.05) is 39.1 Å². The Kier molecular flexibility index (Phi) is 3.66. The van der Waals surface area contributed by atoms with Crippen LogP contribution < -0.4 is 5.73 Å². The minimum absolute atomic E-state index is 0.0129. The summed E-state index contributed by atoms with van der Waals surface area (Å²) in [6.07, 6.45) is 2.95. The van der Waals surface area contributed by atoms with Gasteiger partial charge in [-0.15, -0.1) is 0 Å². The van der Waals surface area contributed by atoms with Crippen LogP contribution in [0.15, 0.2) is 0 Å². The standard InChI is InChI=1S/C12H21N3O2/c1-9(16)14-5-7-15(8-6-14)12(17)10-3-2-4-11(10)13/h10-11H,2-8,13H2,1H3/t10-,11-/m1/s1. The Morgan fingerprint density at radius 3 is 2.12 bits per heavy atom. The molecular formula is C12H21N3O2. The Labute approximate surface area is 102 Å². The minimum Gasteiger partial charge on any atom is -0.339 e. The molecule has 2 fully saturated rings. The molecule has 0 aromatic heterocycles. The number of piperazine rings is 1. The van der Waals surface area contributed by atoms with E-state index in [1.54, 1.807) is 11.8 Å². The van der Waals surface area contributed by atoms with Gasteiger partial charge in [-0.25, -0.2) is 0 Å². The van der Waals surface area contributed by atoms with Crippen molar-refractivity contribution in [2.24, 2.45) is 11.7 Å². The highest BCUT2D eigenvalue weighted by atomic mass is 16.2. The number of carbonyl (C=O) groups is 2. The number of nitrogens with two attached hydrogens (primary N) is 1. The number of amides is 2. The number of hydrogen-bond acceptors (Lipinski definition) is 3. The lowest BCUT2D eigenvalue weighted by Gasteiger charge is -2.36. The lowest BCUT2D eigenvalue weighted by atomic mass is 10.0. The highest BCUT2D eigenvalue weighted by Gasteiger charge is 2.34. The van der Waals surface area contributed by atoms with Gasteiger partial charge in [0.25, 0.3) is 0 Å². The van der Waals surface area contributed by atoms with Crippen molar-refractivity contribution in [2.75, 3.05) is 26.2 Å². The van der Waals surface area contributed by atoms with Crippen molar-refractivity contribution in [1.82, 2.24) is 9.80 Å². The van der Waals surface area contributed by atoms with Crippen LogP contribution in [0.25, 0.3) is 0 Å². The second-order valence-electron chi connectivity index (χ2n) is 5.03. The van der Waals surface area contributed by atoms with Gasteiger partial charge in [-0.2, -0.15) is 0 Å². The van der Waals surface area contributed by atoms with Gasteiger partial charge in [0.2, 0.25) is 11.8 Å². The molecule has 1 heterocycles. The molecule has 2 aliphatic rings. The van der Waals surface area contributed by atoms with E-state index in [4.69, 9.17) is 5.73 Å². The first kappa shape index (κ1) is 12.4. The second kappa shape index (κ2) is 5.04. The fraction of sp³-hybridized carbons (Fsp3) is 0.833. The van der Waals surface area contributed by atoms with Crippen LogP contribution >= 0.6 is 0 Å². The molecule has 1 aliphatic carbocycles. The van der Waals surface area contributed by atoms with E-state index in [-0.39, 0.29) is 23.8 Å². The van der Waals surface area contributed by atoms with Crippen LogP contribution in [0.5, 0.6) is 0 Å². The van der Waals surface area contributed by atoms with E-state index in [1.165, 1.54) is 0 Å². The van der Waals surface area contributed by atoms with Crippen molar-refractivity contribution in [3.05, 3.63) is 0 Å². The summed E-state index contributed by atoms with van der Waals surface area (Å²) >= 11 is 0. The molecule has 1 saturated carbocycles. The van der Waals surface area contributed by atoms with E-state index in [1.807, 2.05) is 4.90 Å². The molecule has 0 bridgehead atoms. The summed E-state index contributed by atoms with van der Waals surface area (Å²) in [7, 11) is 0. The normalized spacial score (nSPS) is 29.5. The average Bonchev–Trinajstić information content (AvgIpc) is 2.74. The molecule has 2 N–H and O–H groups in total. The Balaban J connectivity index is 1.88. The Bertz CT molecular complexity index is 311. The minimum atomic E-state index is 0.0129. The second-order valence-corrected chi connectivity index (χ2v) is 5.03. The summed E-state index contributed by atoms with van der Waals surface area (Å²) in [6.45, 7) is 4.19. The third-order valence-corrected chi connectivity index (χ3v) is 3.92. The zero-order valence-electron chi connectivity index (χ0n) is 10.4. The van der Waals surface area contributed by atoms with Crippen molar-refractivity contribution in [3.8, 4) is 0 Å². The highest BCUT2D eigenvalue weighted by molar-refractivity contribution is 5.80. The molecule has 5 heteroatoms. The lowest BCUT2D eigenvalue weighted by molar-refractivity contribution is -0.141. The van der Waals surface area contributed by atoms with Gasteiger partial charge in [0.15, 0.2) is 0 Å². The van der Waals surface area contributed by atoms with Crippen LogP contribution in [-0.4, -0.2) is 53.8 Å². The van der Waals surface area contributed by atoms with Crippen LogP contribution in [0.3, 0.4) is 0 Å². The van der Waals surface area contributed by atoms with Gasteiger partial charge in [0.05, 0.1) is 5.92 Å². The fourth-order valence-corrected chi connectivity index (χ4v) is 2.77. The first-order valence-corrected chi connectivity index (χ1v) is 6.39. The van der Waals surface area contributed by atoms with Crippen LogP contribution in [0.4, 0.5) is 0 Å². The van der Waals surface area contributed by atoms with Crippen molar-refractivity contribution in [2.45, 2.75) is 32.2 Å². The Morgan fingerprint density at radius 1 is 1.06 bits per heavy atom. The maximum atomic E-state index is 12.2. The first-order chi connectivity index (χ1) is 8.09. The SMILES string of the molecule is CC(=O)N1CCN(C(=O)[C@@H]2CCC[C@H]2N)CC1. The van der Waals surface area contributed by atoms with E-state index in [2.05, 4.69) is 0 Å². The summed E-state index contributed by atoms with van der Waals surface area (Å²) in [5.74, 6) is 0.298. The molecule has 0 unspecified atom stereocenters. The van der Waals surface area contributed by atoms with E-state index < -0.39 is 0 Å². The third kappa shape index (κ3) is 2.60. The van der Waals surface area contributed by atoms with Crippen LogP contribution in [0.2, 0.25) is 0 Å². The maximum Gasteiger partial charge on any atom is 0.227 e. The molecule has 2 rings (SSSR count). The summed E-state index contributed by atoms with van der Waals surface area (Å²) in [5, 5.41) is 0. The Hall–Kier alpha value is -1.10. The van der Waals surface area contributed by atoms with E-state index in [0.29, 0.717) is 26.2 Å². The molecule has 1 aliphatic heterocycles. The Morgan fingerprint density at radius 2 is 1.65 bits per heavy atom. The number of hydrogen-bond donors (Lipinski definition) is 1. The van der Waals surface area contributed by atoms with E-state index in [9.17, 15) is 9.59 Å². The molecule has 96 valence electrons.